The second-order valence-corrected chi connectivity index (χ2v) is 12.8. The Kier molecular flexibility index (Phi) is 10.8. The van der Waals surface area contributed by atoms with E-state index in [4.69, 9.17) is 51.1 Å². The van der Waals surface area contributed by atoms with Gasteiger partial charge in [0.15, 0.2) is 0 Å². The number of amides is 3. The van der Waals surface area contributed by atoms with Crippen molar-refractivity contribution in [1.29, 1.82) is 0 Å². The summed E-state index contributed by atoms with van der Waals surface area (Å²) in [5.41, 5.74) is 1.07. The molecular weight excluding hydrogens is 672 g/mol. The highest BCUT2D eigenvalue weighted by atomic mass is 35.5. The lowest BCUT2D eigenvalue weighted by Crippen LogP contribution is -2.45. The smallest absolute Gasteiger partial charge is 0.328 e. The van der Waals surface area contributed by atoms with E-state index in [1.165, 1.54) is 49.6 Å². The largest absolute Gasteiger partial charge is 0.467 e. The van der Waals surface area contributed by atoms with E-state index < -0.39 is 33.8 Å². The summed E-state index contributed by atoms with van der Waals surface area (Å²) in [6.45, 7) is 0. The molecule has 0 aliphatic rings. The first-order valence-electron chi connectivity index (χ1n) is 12.7. The summed E-state index contributed by atoms with van der Waals surface area (Å²) in [6, 6.07) is 18.6. The van der Waals surface area contributed by atoms with Gasteiger partial charge in [-0.15, -0.1) is 0 Å². The molecule has 4 aromatic carbocycles. The molecule has 0 saturated carbocycles. The lowest BCUT2D eigenvalue weighted by atomic mass is 10.1. The Morgan fingerprint density at radius 1 is 0.795 bits per heavy atom. The molecule has 4 aromatic rings. The molecule has 4 rings (SSSR count). The Morgan fingerprint density at radius 3 is 2.02 bits per heavy atom. The number of ether oxygens (including phenoxy) is 1. The predicted octanol–water partition coefficient (Wildman–Crippen LogP) is 7.29. The summed E-state index contributed by atoms with van der Waals surface area (Å²) in [4.78, 5) is 38.0. The zero-order valence-electron chi connectivity index (χ0n) is 22.7. The van der Waals surface area contributed by atoms with E-state index in [9.17, 15) is 22.8 Å². The second kappa shape index (κ2) is 14.3. The van der Waals surface area contributed by atoms with E-state index in [2.05, 4.69) is 16.0 Å². The van der Waals surface area contributed by atoms with Gasteiger partial charge in [0.2, 0.25) is 9.84 Å². The number of hydrogen-bond donors (Lipinski definition) is 3. The average Bonchev–Trinajstić information content (AvgIpc) is 2.97. The molecular formula is C30H23Cl4N3O6S. The van der Waals surface area contributed by atoms with Crippen molar-refractivity contribution < 1.29 is 27.5 Å². The monoisotopic (exact) mass is 693 g/mol. The molecule has 0 unspecified atom stereocenters. The van der Waals surface area contributed by atoms with E-state index in [1.807, 2.05) is 0 Å². The van der Waals surface area contributed by atoms with E-state index in [-0.39, 0.29) is 42.5 Å². The van der Waals surface area contributed by atoms with Crippen LogP contribution in [-0.2, 0) is 25.8 Å². The number of halogens is 4. The fourth-order valence-electron chi connectivity index (χ4n) is 4.10. The van der Waals surface area contributed by atoms with Crippen LogP contribution in [0.5, 0.6) is 0 Å². The van der Waals surface area contributed by atoms with E-state index in [1.54, 1.807) is 42.5 Å². The highest BCUT2D eigenvalue weighted by molar-refractivity contribution is 7.91. The van der Waals surface area contributed by atoms with E-state index in [0.29, 0.717) is 16.3 Å². The number of hydrogen-bond acceptors (Lipinski definition) is 6. The van der Waals surface area contributed by atoms with Crippen LogP contribution in [0.15, 0.2) is 94.7 Å². The van der Waals surface area contributed by atoms with Crippen molar-refractivity contribution in [3.63, 3.8) is 0 Å². The summed E-state index contributed by atoms with van der Waals surface area (Å²) in [5.74, 6) is -1.25. The van der Waals surface area contributed by atoms with Gasteiger partial charge in [-0.2, -0.15) is 0 Å². The minimum absolute atomic E-state index is 0.0101. The van der Waals surface area contributed by atoms with Crippen molar-refractivity contribution in [2.75, 3.05) is 17.7 Å². The Hall–Kier alpha value is -3.80. The fourth-order valence-corrected chi connectivity index (χ4v) is 6.36. The van der Waals surface area contributed by atoms with Crippen LogP contribution < -0.4 is 16.0 Å². The molecule has 1 atom stereocenters. The summed E-state index contributed by atoms with van der Waals surface area (Å²) >= 11 is 24.2. The minimum Gasteiger partial charge on any atom is -0.467 e. The summed E-state index contributed by atoms with van der Waals surface area (Å²) in [5, 5.41) is 8.61. The van der Waals surface area contributed by atoms with Gasteiger partial charge >= 0.3 is 12.0 Å². The molecule has 0 saturated heterocycles. The summed E-state index contributed by atoms with van der Waals surface area (Å²) in [7, 11) is -2.91. The number of carbonyl (C=O) groups excluding carboxylic acids is 3. The maximum absolute atomic E-state index is 13.3. The molecule has 14 heteroatoms. The molecule has 0 aromatic heterocycles. The zero-order chi connectivity index (χ0) is 32.0. The number of sulfone groups is 1. The van der Waals surface area contributed by atoms with Crippen molar-refractivity contribution in [2.24, 2.45) is 0 Å². The third-order valence-corrected chi connectivity index (χ3v) is 9.18. The van der Waals surface area contributed by atoms with Gasteiger partial charge in [-0.05, 0) is 72.3 Å². The number of carbonyl (C=O) groups is 3. The number of benzene rings is 4. The van der Waals surface area contributed by atoms with Gasteiger partial charge in [0.05, 0.1) is 38.2 Å². The van der Waals surface area contributed by atoms with Crippen LogP contribution in [0.4, 0.5) is 16.2 Å². The molecule has 0 bridgehead atoms. The maximum atomic E-state index is 13.3. The molecule has 3 N–H and O–H groups in total. The standard InChI is InChI=1S/C30H23Cl4N3O6S/c1-43-29(39)25(15-17-5-10-20(11-6-17)35-28(38)27-22(33)3-2-4-23(27)34)37-30(40)36-24-16-19(32)9-14-26(24)44(41,42)21-12-7-18(31)8-13-21/h2-14,16,25H,15H2,1H3,(H,35,38)(H2,36,37,40)/t25-/m0/s1. The van der Waals surface area contributed by atoms with Crippen LogP contribution in [0.1, 0.15) is 15.9 Å². The third kappa shape index (κ3) is 8.02. The van der Waals surface area contributed by atoms with Crippen LogP contribution in [0.3, 0.4) is 0 Å². The Bertz CT molecular complexity index is 1800. The molecule has 0 spiro atoms. The average molecular weight is 695 g/mol. The molecule has 0 aliphatic carbocycles. The minimum atomic E-state index is -4.08. The van der Waals surface area contributed by atoms with Gasteiger partial charge < -0.3 is 20.7 Å². The highest BCUT2D eigenvalue weighted by Gasteiger charge is 2.26. The van der Waals surface area contributed by atoms with Crippen molar-refractivity contribution in [1.82, 2.24) is 5.32 Å². The van der Waals surface area contributed by atoms with Gasteiger partial charge in [-0.1, -0.05) is 64.6 Å². The zero-order valence-corrected chi connectivity index (χ0v) is 26.6. The second-order valence-electron chi connectivity index (χ2n) is 9.22. The predicted molar refractivity (Wildman–Crippen MR) is 171 cm³/mol. The molecule has 0 radical (unpaired) electrons. The first kappa shape index (κ1) is 33.1. The molecule has 44 heavy (non-hydrogen) atoms. The molecule has 0 heterocycles. The van der Waals surface area contributed by atoms with Crippen molar-refractivity contribution in [3.05, 3.63) is 116 Å². The van der Waals surface area contributed by atoms with Crippen LogP contribution in [0, 0.1) is 0 Å². The molecule has 0 aliphatic heterocycles. The lowest BCUT2D eigenvalue weighted by molar-refractivity contribution is -0.142. The Labute approximate surface area is 273 Å². The number of urea groups is 1. The van der Waals surface area contributed by atoms with Gasteiger partial charge in [0, 0.05) is 22.2 Å². The lowest BCUT2D eigenvalue weighted by Gasteiger charge is -2.18. The molecule has 3 amide bonds. The Balaban J connectivity index is 1.48. The highest BCUT2D eigenvalue weighted by Crippen LogP contribution is 2.31. The first-order chi connectivity index (χ1) is 20.9. The van der Waals surface area contributed by atoms with Crippen molar-refractivity contribution >= 4 is 85.5 Å². The first-order valence-corrected chi connectivity index (χ1v) is 15.7. The van der Waals surface area contributed by atoms with Gasteiger partial charge in [0.1, 0.15) is 6.04 Å². The topological polar surface area (TPSA) is 131 Å². The van der Waals surface area contributed by atoms with Crippen LogP contribution in [-0.4, -0.2) is 39.5 Å². The van der Waals surface area contributed by atoms with Crippen LogP contribution >= 0.6 is 46.4 Å². The number of esters is 1. The quantitative estimate of drug-likeness (QED) is 0.158. The van der Waals surface area contributed by atoms with Gasteiger partial charge in [0.25, 0.3) is 5.91 Å². The molecule has 9 nitrogen and oxygen atoms in total. The van der Waals surface area contributed by atoms with Crippen LogP contribution in [0.2, 0.25) is 20.1 Å². The molecule has 0 fully saturated rings. The summed E-state index contributed by atoms with van der Waals surface area (Å²) in [6.07, 6.45) is 0.0101. The van der Waals surface area contributed by atoms with Crippen molar-refractivity contribution in [3.8, 4) is 0 Å². The number of rotatable bonds is 9. The maximum Gasteiger partial charge on any atom is 0.328 e. The Morgan fingerprint density at radius 2 is 1.41 bits per heavy atom. The molecule has 228 valence electrons. The van der Waals surface area contributed by atoms with E-state index >= 15 is 0 Å². The van der Waals surface area contributed by atoms with Crippen molar-refractivity contribution in [2.45, 2.75) is 22.3 Å². The number of methoxy groups -OCH3 is 1. The number of anilines is 2. The van der Waals surface area contributed by atoms with Gasteiger partial charge in [-0.3, -0.25) is 4.79 Å². The van der Waals surface area contributed by atoms with Gasteiger partial charge in [-0.25, -0.2) is 18.0 Å². The van der Waals surface area contributed by atoms with E-state index in [0.717, 1.165) is 0 Å². The third-order valence-electron chi connectivity index (χ3n) is 6.24. The number of nitrogens with one attached hydrogen (secondary N) is 3. The fraction of sp³-hybridized carbons (Fsp3) is 0.100. The normalized spacial score (nSPS) is 11.8. The summed E-state index contributed by atoms with van der Waals surface area (Å²) < 4.78 is 31.5. The SMILES string of the molecule is COC(=O)[C@H](Cc1ccc(NC(=O)c2c(Cl)cccc2Cl)cc1)NC(=O)Nc1cc(Cl)ccc1S(=O)(=O)c1ccc(Cl)cc1. The van der Waals surface area contributed by atoms with Crippen LogP contribution in [0.25, 0.3) is 0 Å².